The lowest BCUT2D eigenvalue weighted by Crippen LogP contribution is -2.52. The number of amides is 1. The summed E-state index contributed by atoms with van der Waals surface area (Å²) < 4.78 is 1.77. The summed E-state index contributed by atoms with van der Waals surface area (Å²) in [4.78, 5) is 26.1. The molecule has 3 heterocycles. The molecule has 0 bridgehead atoms. The Balaban J connectivity index is 1.83. The van der Waals surface area contributed by atoms with Crippen LogP contribution in [0, 0.1) is 12.8 Å². The van der Waals surface area contributed by atoms with Gasteiger partial charge in [0.1, 0.15) is 4.83 Å². The molecule has 2 aromatic heterocycles. The van der Waals surface area contributed by atoms with E-state index in [0.29, 0.717) is 18.0 Å². The fraction of sp³-hybridized carbons (Fsp3) is 0.417. The SMILES string of the molecule is Cc1nn(C)c2sc(C(=O)N3CC(C(=O)O)C3)cc12. The molecule has 0 aromatic carbocycles. The van der Waals surface area contributed by atoms with Crippen LogP contribution in [0.1, 0.15) is 15.4 Å². The van der Waals surface area contributed by atoms with Gasteiger partial charge in [-0.25, -0.2) is 0 Å². The summed E-state index contributed by atoms with van der Waals surface area (Å²) in [6.07, 6.45) is 0. The first-order chi connectivity index (χ1) is 8.97. The third-order valence-corrected chi connectivity index (χ3v) is 4.61. The van der Waals surface area contributed by atoms with Crippen LogP contribution in [0.25, 0.3) is 10.2 Å². The Morgan fingerprint density at radius 3 is 2.74 bits per heavy atom. The molecular formula is C12H13N3O3S. The summed E-state index contributed by atoms with van der Waals surface area (Å²) in [7, 11) is 1.85. The van der Waals surface area contributed by atoms with E-state index in [0.717, 1.165) is 15.9 Å². The number of carboxylic acid groups (broad SMARTS) is 1. The largest absolute Gasteiger partial charge is 0.481 e. The average Bonchev–Trinajstić information content (AvgIpc) is 2.79. The molecule has 1 fully saturated rings. The van der Waals surface area contributed by atoms with Crippen LogP contribution >= 0.6 is 11.3 Å². The van der Waals surface area contributed by atoms with Crippen molar-refractivity contribution in [3.8, 4) is 0 Å². The maximum atomic E-state index is 12.2. The van der Waals surface area contributed by atoms with Gasteiger partial charge < -0.3 is 10.0 Å². The van der Waals surface area contributed by atoms with Crippen LogP contribution in [0.4, 0.5) is 0 Å². The molecule has 2 aromatic rings. The molecule has 100 valence electrons. The third kappa shape index (κ3) is 1.81. The van der Waals surface area contributed by atoms with Crippen LogP contribution < -0.4 is 0 Å². The second kappa shape index (κ2) is 4.06. The Kier molecular flexibility index (Phi) is 2.60. The first kappa shape index (κ1) is 12.2. The van der Waals surface area contributed by atoms with Gasteiger partial charge in [0.25, 0.3) is 5.91 Å². The van der Waals surface area contributed by atoms with E-state index in [4.69, 9.17) is 5.11 Å². The normalized spacial score (nSPS) is 15.8. The van der Waals surface area contributed by atoms with E-state index in [1.54, 1.807) is 9.58 Å². The van der Waals surface area contributed by atoms with Gasteiger partial charge in [-0.2, -0.15) is 5.10 Å². The van der Waals surface area contributed by atoms with Crippen LogP contribution in [0.5, 0.6) is 0 Å². The molecule has 1 N–H and O–H groups in total. The van der Waals surface area contributed by atoms with Crippen molar-refractivity contribution in [2.75, 3.05) is 13.1 Å². The van der Waals surface area contributed by atoms with Crippen LogP contribution in [0.15, 0.2) is 6.07 Å². The first-order valence-electron chi connectivity index (χ1n) is 5.92. The molecule has 3 rings (SSSR count). The van der Waals surface area contributed by atoms with Gasteiger partial charge in [-0.1, -0.05) is 0 Å². The van der Waals surface area contributed by atoms with Crippen LogP contribution in [-0.4, -0.2) is 44.8 Å². The number of nitrogens with zero attached hydrogens (tertiary/aromatic N) is 3. The minimum atomic E-state index is -0.833. The number of carbonyl (C=O) groups excluding carboxylic acids is 1. The summed E-state index contributed by atoms with van der Waals surface area (Å²) in [6, 6.07) is 1.85. The number of hydrogen-bond acceptors (Lipinski definition) is 4. The molecule has 7 heteroatoms. The van der Waals surface area contributed by atoms with Gasteiger partial charge in [-0.3, -0.25) is 14.3 Å². The van der Waals surface area contributed by atoms with Crippen LogP contribution in [0.3, 0.4) is 0 Å². The number of thiophene rings is 1. The Morgan fingerprint density at radius 1 is 1.47 bits per heavy atom. The summed E-state index contributed by atoms with van der Waals surface area (Å²) in [5.41, 5.74) is 0.903. The molecule has 19 heavy (non-hydrogen) atoms. The molecule has 6 nitrogen and oxygen atoms in total. The summed E-state index contributed by atoms with van der Waals surface area (Å²) in [5.74, 6) is -1.33. The number of aromatic nitrogens is 2. The average molecular weight is 279 g/mol. The lowest BCUT2D eigenvalue weighted by atomic mass is 10.0. The van der Waals surface area contributed by atoms with Crippen molar-refractivity contribution in [1.82, 2.24) is 14.7 Å². The molecule has 1 aliphatic heterocycles. The van der Waals surface area contributed by atoms with E-state index < -0.39 is 11.9 Å². The summed E-state index contributed by atoms with van der Waals surface area (Å²) in [5, 5.41) is 14.1. The quantitative estimate of drug-likeness (QED) is 0.893. The third-order valence-electron chi connectivity index (χ3n) is 3.42. The molecule has 0 aliphatic carbocycles. The number of carboxylic acids is 1. The molecule has 0 atom stereocenters. The van der Waals surface area contributed by atoms with Crippen molar-refractivity contribution < 1.29 is 14.7 Å². The predicted molar refractivity (Wildman–Crippen MR) is 70.4 cm³/mol. The minimum Gasteiger partial charge on any atom is -0.481 e. The molecule has 0 radical (unpaired) electrons. The number of likely N-dealkylation sites (tertiary alicyclic amines) is 1. The summed E-state index contributed by atoms with van der Waals surface area (Å²) in [6.45, 7) is 2.52. The summed E-state index contributed by atoms with van der Waals surface area (Å²) >= 11 is 1.40. The zero-order valence-electron chi connectivity index (χ0n) is 10.6. The minimum absolute atomic E-state index is 0.0851. The highest BCUT2D eigenvalue weighted by Crippen LogP contribution is 2.30. The van der Waals surface area contributed by atoms with Crippen LogP contribution in [0.2, 0.25) is 0 Å². The van der Waals surface area contributed by atoms with Gasteiger partial charge in [0.2, 0.25) is 0 Å². The first-order valence-corrected chi connectivity index (χ1v) is 6.74. The van der Waals surface area contributed by atoms with Crippen LogP contribution in [-0.2, 0) is 11.8 Å². The lowest BCUT2D eigenvalue weighted by molar-refractivity contribution is -0.146. The fourth-order valence-electron chi connectivity index (χ4n) is 2.27. The van der Waals surface area contributed by atoms with Crippen molar-refractivity contribution in [3.05, 3.63) is 16.6 Å². The van der Waals surface area contributed by atoms with Crippen molar-refractivity contribution in [3.63, 3.8) is 0 Å². The molecule has 0 unspecified atom stereocenters. The van der Waals surface area contributed by atoms with Gasteiger partial charge in [-0.05, 0) is 13.0 Å². The van der Waals surface area contributed by atoms with Gasteiger partial charge in [0.15, 0.2) is 0 Å². The molecule has 0 spiro atoms. The molecule has 0 saturated carbocycles. The molecule has 1 aliphatic rings. The van der Waals surface area contributed by atoms with Gasteiger partial charge in [0.05, 0.1) is 16.5 Å². The smallest absolute Gasteiger partial charge is 0.310 e. The second-order valence-corrected chi connectivity index (χ2v) is 5.81. The van der Waals surface area contributed by atoms with E-state index in [-0.39, 0.29) is 5.91 Å². The Bertz CT molecular complexity index is 647. The van der Waals surface area contributed by atoms with E-state index in [1.165, 1.54) is 11.3 Å². The zero-order valence-corrected chi connectivity index (χ0v) is 11.4. The monoisotopic (exact) mass is 279 g/mol. The second-order valence-electron chi connectivity index (χ2n) is 4.78. The highest BCUT2D eigenvalue weighted by molar-refractivity contribution is 7.20. The Labute approximate surface area is 113 Å². The molecular weight excluding hydrogens is 266 g/mol. The number of aryl methyl sites for hydroxylation is 2. The maximum Gasteiger partial charge on any atom is 0.310 e. The maximum absolute atomic E-state index is 12.2. The molecule has 1 saturated heterocycles. The van der Waals surface area contributed by atoms with E-state index in [1.807, 2.05) is 20.0 Å². The number of hydrogen-bond donors (Lipinski definition) is 1. The van der Waals surface area contributed by atoms with E-state index in [2.05, 4.69) is 5.10 Å². The van der Waals surface area contributed by atoms with Crippen molar-refractivity contribution in [2.45, 2.75) is 6.92 Å². The van der Waals surface area contributed by atoms with E-state index in [9.17, 15) is 9.59 Å². The van der Waals surface area contributed by atoms with Crippen molar-refractivity contribution in [1.29, 1.82) is 0 Å². The number of rotatable bonds is 2. The van der Waals surface area contributed by atoms with Gasteiger partial charge in [0, 0.05) is 25.5 Å². The van der Waals surface area contributed by atoms with Gasteiger partial charge in [-0.15, -0.1) is 11.3 Å². The number of fused-ring (bicyclic) bond motifs is 1. The van der Waals surface area contributed by atoms with Crippen molar-refractivity contribution >= 4 is 33.4 Å². The number of carbonyl (C=O) groups is 2. The van der Waals surface area contributed by atoms with E-state index >= 15 is 0 Å². The Morgan fingerprint density at radius 2 is 2.16 bits per heavy atom. The topological polar surface area (TPSA) is 75.4 Å². The number of aliphatic carboxylic acids is 1. The van der Waals surface area contributed by atoms with Crippen molar-refractivity contribution in [2.24, 2.45) is 13.0 Å². The highest BCUT2D eigenvalue weighted by Gasteiger charge is 2.36. The standard InChI is InChI=1S/C12H13N3O3S/c1-6-8-3-9(19-11(8)14(2)13-6)10(16)15-4-7(5-15)12(17)18/h3,7H,4-5H2,1-2H3,(H,17,18). The highest BCUT2D eigenvalue weighted by atomic mass is 32.1. The molecule has 1 amide bonds. The fourth-order valence-corrected chi connectivity index (χ4v) is 3.36. The Hall–Kier alpha value is -1.89. The lowest BCUT2D eigenvalue weighted by Gasteiger charge is -2.36. The zero-order chi connectivity index (χ0) is 13.7. The predicted octanol–water partition coefficient (Wildman–Crippen LogP) is 1.10. The van der Waals surface area contributed by atoms with Gasteiger partial charge >= 0.3 is 5.97 Å².